The van der Waals surface area contributed by atoms with Crippen molar-refractivity contribution in [2.75, 3.05) is 0 Å². The largest absolute Gasteiger partial charge is 0.237 e. The Bertz CT molecular complexity index is 556. The molecule has 2 aromatic rings. The van der Waals surface area contributed by atoms with Crippen molar-refractivity contribution in [3.63, 3.8) is 0 Å². The van der Waals surface area contributed by atoms with Gasteiger partial charge in [0.15, 0.2) is 0 Å². The Morgan fingerprint density at radius 3 is 2.56 bits per heavy atom. The summed E-state index contributed by atoms with van der Waals surface area (Å²) in [5.74, 6) is 0.917. The summed E-state index contributed by atoms with van der Waals surface area (Å²) in [5, 5.41) is 4.50. The zero-order valence-corrected chi connectivity index (χ0v) is 12.1. The number of benzene rings is 1. The highest BCUT2D eigenvalue weighted by molar-refractivity contribution is 6.17. The third kappa shape index (κ3) is 2.30. The summed E-state index contributed by atoms with van der Waals surface area (Å²) in [6, 6.07) is 6.43. The Kier molecular flexibility index (Phi) is 3.76. The Morgan fingerprint density at radius 1 is 1.28 bits per heavy atom. The first-order chi connectivity index (χ1) is 8.54. The van der Waals surface area contributed by atoms with E-state index in [1.54, 1.807) is 0 Å². The fraction of sp³-hybridized carbons (Fsp3) is 0.400. The van der Waals surface area contributed by atoms with Crippen molar-refractivity contribution in [2.24, 2.45) is 0 Å². The quantitative estimate of drug-likeness (QED) is 0.752. The summed E-state index contributed by atoms with van der Waals surface area (Å²) in [4.78, 5) is 0. The first-order valence-corrected chi connectivity index (χ1v) is 6.78. The van der Waals surface area contributed by atoms with Gasteiger partial charge in [-0.1, -0.05) is 31.5 Å². The summed E-state index contributed by atoms with van der Waals surface area (Å²) >= 11 is 5.99. The highest BCUT2D eigenvalue weighted by Gasteiger charge is 2.15. The highest BCUT2D eigenvalue weighted by Crippen LogP contribution is 2.26. The molecule has 0 amide bonds. The molecule has 0 aliphatic carbocycles. The predicted octanol–water partition coefficient (Wildman–Crippen LogP) is 4.35. The van der Waals surface area contributed by atoms with Gasteiger partial charge in [-0.3, -0.25) is 0 Å². The molecule has 0 aliphatic heterocycles. The summed E-state index contributed by atoms with van der Waals surface area (Å²) in [7, 11) is 0. The lowest BCUT2D eigenvalue weighted by molar-refractivity contribution is 0.726. The van der Waals surface area contributed by atoms with E-state index < -0.39 is 0 Å². The number of hydrogen-bond donors (Lipinski definition) is 0. The van der Waals surface area contributed by atoms with Crippen LogP contribution in [-0.2, 0) is 5.88 Å². The maximum atomic E-state index is 5.99. The van der Waals surface area contributed by atoms with E-state index >= 15 is 0 Å². The lowest BCUT2D eigenvalue weighted by Gasteiger charge is -2.14. The van der Waals surface area contributed by atoms with Crippen LogP contribution in [0.4, 0.5) is 0 Å². The Balaban J connectivity index is 2.60. The Morgan fingerprint density at radius 2 is 2.00 bits per heavy atom. The SMILES string of the molecule is Cc1ccc(-n2ncc(CCl)c2C(C)C)c(C)c1. The zero-order valence-electron chi connectivity index (χ0n) is 11.4. The lowest BCUT2D eigenvalue weighted by atomic mass is 10.1. The molecule has 0 N–H and O–H groups in total. The van der Waals surface area contributed by atoms with Gasteiger partial charge >= 0.3 is 0 Å². The van der Waals surface area contributed by atoms with Gasteiger partial charge in [0.05, 0.1) is 23.5 Å². The van der Waals surface area contributed by atoms with Crippen molar-refractivity contribution >= 4 is 11.6 Å². The van der Waals surface area contributed by atoms with Crippen molar-refractivity contribution < 1.29 is 0 Å². The molecule has 0 saturated carbocycles. The van der Waals surface area contributed by atoms with Gasteiger partial charge in [0, 0.05) is 5.56 Å². The molecule has 0 bridgehead atoms. The van der Waals surface area contributed by atoms with Gasteiger partial charge in [0.2, 0.25) is 0 Å². The van der Waals surface area contributed by atoms with E-state index in [9.17, 15) is 0 Å². The summed E-state index contributed by atoms with van der Waals surface area (Å²) < 4.78 is 2.02. The van der Waals surface area contributed by atoms with Crippen LogP contribution in [-0.4, -0.2) is 9.78 Å². The topological polar surface area (TPSA) is 17.8 Å². The van der Waals surface area contributed by atoms with Gasteiger partial charge in [0.25, 0.3) is 0 Å². The van der Waals surface area contributed by atoms with Crippen LogP contribution >= 0.6 is 11.6 Å². The van der Waals surface area contributed by atoms with Gasteiger partial charge in [-0.05, 0) is 31.4 Å². The van der Waals surface area contributed by atoms with Crippen LogP contribution in [0, 0.1) is 13.8 Å². The number of hydrogen-bond acceptors (Lipinski definition) is 1. The standard InChI is InChI=1S/C15H19ClN2/c1-10(2)15-13(8-16)9-17-18(15)14-6-5-11(3)7-12(14)4/h5-7,9-10H,8H2,1-4H3. The summed E-state index contributed by atoms with van der Waals surface area (Å²) in [6.07, 6.45) is 1.88. The maximum absolute atomic E-state index is 5.99. The molecule has 3 heteroatoms. The minimum Gasteiger partial charge on any atom is -0.237 e. The molecule has 2 nitrogen and oxygen atoms in total. The number of halogens is 1. The summed E-state index contributed by atoms with van der Waals surface area (Å²) in [5.41, 5.74) is 5.97. The van der Waals surface area contributed by atoms with Crippen molar-refractivity contribution in [2.45, 2.75) is 39.5 Å². The minimum absolute atomic E-state index is 0.405. The summed E-state index contributed by atoms with van der Waals surface area (Å²) in [6.45, 7) is 8.57. The average molecular weight is 263 g/mol. The van der Waals surface area contributed by atoms with E-state index in [1.807, 2.05) is 10.9 Å². The molecule has 2 rings (SSSR count). The van der Waals surface area contributed by atoms with E-state index in [0.717, 1.165) is 11.3 Å². The Hall–Kier alpha value is -1.28. The predicted molar refractivity (Wildman–Crippen MR) is 76.7 cm³/mol. The minimum atomic E-state index is 0.405. The molecule has 0 spiro atoms. The van der Waals surface area contributed by atoms with Gasteiger partial charge in [-0.2, -0.15) is 5.10 Å². The smallest absolute Gasteiger partial charge is 0.0678 e. The molecule has 0 unspecified atom stereocenters. The maximum Gasteiger partial charge on any atom is 0.0678 e. The van der Waals surface area contributed by atoms with Crippen LogP contribution in [0.5, 0.6) is 0 Å². The third-order valence-electron chi connectivity index (χ3n) is 3.16. The van der Waals surface area contributed by atoms with E-state index in [4.69, 9.17) is 11.6 Å². The van der Waals surface area contributed by atoms with Crippen LogP contribution in [0.15, 0.2) is 24.4 Å². The van der Waals surface area contributed by atoms with Crippen LogP contribution in [0.1, 0.15) is 42.1 Å². The number of rotatable bonds is 3. The third-order valence-corrected chi connectivity index (χ3v) is 3.45. The molecule has 0 atom stereocenters. The number of aryl methyl sites for hydroxylation is 2. The number of alkyl halides is 1. The number of aromatic nitrogens is 2. The zero-order chi connectivity index (χ0) is 13.3. The van der Waals surface area contributed by atoms with E-state index in [2.05, 4.69) is 51.0 Å². The van der Waals surface area contributed by atoms with E-state index in [0.29, 0.717) is 11.8 Å². The van der Waals surface area contributed by atoms with Crippen LogP contribution in [0.2, 0.25) is 0 Å². The molecular weight excluding hydrogens is 244 g/mol. The average Bonchev–Trinajstić information content (AvgIpc) is 2.72. The van der Waals surface area contributed by atoms with Crippen LogP contribution in [0.25, 0.3) is 5.69 Å². The molecule has 0 saturated heterocycles. The normalized spacial score (nSPS) is 11.2. The fourth-order valence-corrected chi connectivity index (χ4v) is 2.55. The second kappa shape index (κ2) is 5.15. The van der Waals surface area contributed by atoms with Gasteiger partial charge in [-0.25, -0.2) is 4.68 Å². The molecule has 96 valence electrons. The van der Waals surface area contributed by atoms with Crippen molar-refractivity contribution in [3.8, 4) is 5.69 Å². The molecule has 0 aliphatic rings. The molecule has 1 heterocycles. The second-order valence-electron chi connectivity index (χ2n) is 5.05. The van der Waals surface area contributed by atoms with Gasteiger partial charge in [0.1, 0.15) is 0 Å². The highest BCUT2D eigenvalue weighted by atomic mass is 35.5. The fourth-order valence-electron chi connectivity index (χ4n) is 2.35. The van der Waals surface area contributed by atoms with Crippen LogP contribution in [0.3, 0.4) is 0 Å². The first-order valence-electron chi connectivity index (χ1n) is 6.25. The lowest BCUT2D eigenvalue weighted by Crippen LogP contribution is -2.06. The van der Waals surface area contributed by atoms with E-state index in [-0.39, 0.29) is 0 Å². The Labute approximate surface area is 114 Å². The molecule has 1 aromatic carbocycles. The molecule has 1 aromatic heterocycles. The molecular formula is C15H19ClN2. The monoisotopic (exact) mass is 262 g/mol. The molecule has 18 heavy (non-hydrogen) atoms. The van der Waals surface area contributed by atoms with Gasteiger partial charge < -0.3 is 0 Å². The van der Waals surface area contributed by atoms with E-state index in [1.165, 1.54) is 16.8 Å². The van der Waals surface area contributed by atoms with Crippen molar-refractivity contribution in [1.82, 2.24) is 9.78 Å². The first kappa shape index (κ1) is 13.2. The van der Waals surface area contributed by atoms with Crippen LogP contribution < -0.4 is 0 Å². The second-order valence-corrected chi connectivity index (χ2v) is 5.31. The molecule has 0 fully saturated rings. The number of nitrogens with zero attached hydrogens (tertiary/aromatic N) is 2. The van der Waals surface area contributed by atoms with Crippen molar-refractivity contribution in [3.05, 3.63) is 46.8 Å². The van der Waals surface area contributed by atoms with Crippen molar-refractivity contribution in [1.29, 1.82) is 0 Å². The molecule has 0 radical (unpaired) electrons. The van der Waals surface area contributed by atoms with Gasteiger partial charge in [-0.15, -0.1) is 11.6 Å².